The van der Waals surface area contributed by atoms with Gasteiger partial charge < -0.3 is 4.90 Å². The van der Waals surface area contributed by atoms with Crippen LogP contribution in [0.4, 0.5) is 4.39 Å². The maximum atomic E-state index is 14.1. The lowest BCUT2D eigenvalue weighted by Crippen LogP contribution is -2.41. The molecule has 0 aliphatic heterocycles. The van der Waals surface area contributed by atoms with Crippen molar-refractivity contribution >= 4 is 5.91 Å². The van der Waals surface area contributed by atoms with Gasteiger partial charge >= 0.3 is 5.69 Å². The molecule has 1 aromatic carbocycles. The van der Waals surface area contributed by atoms with E-state index in [-0.39, 0.29) is 24.3 Å². The van der Waals surface area contributed by atoms with Gasteiger partial charge in [-0.05, 0) is 25.8 Å². The normalized spacial score (nSPS) is 15.1. The minimum absolute atomic E-state index is 0.0607. The molecule has 1 fully saturated rings. The van der Waals surface area contributed by atoms with Crippen LogP contribution in [0.15, 0.2) is 46.1 Å². The van der Waals surface area contributed by atoms with Gasteiger partial charge in [0.1, 0.15) is 12.4 Å². The number of carbonyl (C=O) groups excluding carboxylic acids is 1. The number of aromatic nitrogens is 2. The lowest BCUT2D eigenvalue weighted by molar-refractivity contribution is -0.134. The van der Waals surface area contributed by atoms with Gasteiger partial charge in [0.05, 0.1) is 6.04 Å². The first kappa shape index (κ1) is 16.2. The molecule has 1 atom stereocenters. The number of hydrogen-bond acceptors (Lipinski definition) is 3. The van der Waals surface area contributed by atoms with E-state index in [1.807, 2.05) is 0 Å². The second-order valence-electron chi connectivity index (χ2n) is 5.97. The van der Waals surface area contributed by atoms with Gasteiger partial charge in [0.2, 0.25) is 5.91 Å². The highest BCUT2D eigenvalue weighted by Gasteiger charge is 2.36. The molecule has 1 N–H and O–H groups in total. The first-order valence-corrected chi connectivity index (χ1v) is 7.82. The number of aromatic amines is 1. The van der Waals surface area contributed by atoms with Gasteiger partial charge in [-0.1, -0.05) is 18.2 Å². The number of amides is 1. The zero-order valence-corrected chi connectivity index (χ0v) is 13.2. The quantitative estimate of drug-likeness (QED) is 0.900. The molecule has 1 aliphatic carbocycles. The average Bonchev–Trinajstić information content (AvgIpc) is 3.35. The molecule has 0 unspecified atom stereocenters. The Bertz CT molecular complexity index is 870. The van der Waals surface area contributed by atoms with Crippen molar-refractivity contribution in [1.82, 2.24) is 14.5 Å². The van der Waals surface area contributed by atoms with Crippen molar-refractivity contribution in [3.63, 3.8) is 0 Å². The molecule has 0 bridgehead atoms. The average molecular weight is 331 g/mol. The third kappa shape index (κ3) is 3.29. The third-order valence-corrected chi connectivity index (χ3v) is 4.20. The van der Waals surface area contributed by atoms with Crippen molar-refractivity contribution in [2.75, 3.05) is 0 Å². The van der Waals surface area contributed by atoms with E-state index in [0.717, 1.165) is 17.4 Å². The van der Waals surface area contributed by atoms with E-state index < -0.39 is 17.3 Å². The van der Waals surface area contributed by atoms with Crippen LogP contribution in [0.25, 0.3) is 0 Å². The maximum Gasteiger partial charge on any atom is 0.328 e. The fourth-order valence-corrected chi connectivity index (χ4v) is 2.85. The molecule has 24 heavy (non-hydrogen) atoms. The summed E-state index contributed by atoms with van der Waals surface area (Å²) < 4.78 is 15.2. The molecular weight excluding hydrogens is 313 g/mol. The molecule has 0 radical (unpaired) electrons. The van der Waals surface area contributed by atoms with E-state index >= 15 is 0 Å². The first-order valence-electron chi connectivity index (χ1n) is 7.82. The number of hydrogen-bond donors (Lipinski definition) is 1. The van der Waals surface area contributed by atoms with Gasteiger partial charge in [-0.2, -0.15) is 0 Å². The molecule has 126 valence electrons. The topological polar surface area (TPSA) is 75.2 Å². The molecule has 1 heterocycles. The Balaban J connectivity index is 1.85. The number of H-pyrrole nitrogens is 1. The second-order valence-corrected chi connectivity index (χ2v) is 5.97. The number of nitrogens with zero attached hydrogens (tertiary/aromatic N) is 2. The van der Waals surface area contributed by atoms with Gasteiger partial charge in [-0.3, -0.25) is 19.1 Å². The van der Waals surface area contributed by atoms with Crippen LogP contribution in [-0.4, -0.2) is 26.4 Å². The van der Waals surface area contributed by atoms with Crippen molar-refractivity contribution in [1.29, 1.82) is 0 Å². The van der Waals surface area contributed by atoms with Gasteiger partial charge in [0, 0.05) is 23.9 Å². The molecular formula is C17H18FN3O3. The summed E-state index contributed by atoms with van der Waals surface area (Å²) in [6.07, 6.45) is 3.02. The molecule has 2 aromatic rings. The predicted molar refractivity (Wildman–Crippen MR) is 86.0 cm³/mol. The monoisotopic (exact) mass is 331 g/mol. The van der Waals surface area contributed by atoms with Gasteiger partial charge in [-0.15, -0.1) is 0 Å². The lowest BCUT2D eigenvalue weighted by Gasteiger charge is -2.30. The van der Waals surface area contributed by atoms with Crippen molar-refractivity contribution in [3.8, 4) is 0 Å². The summed E-state index contributed by atoms with van der Waals surface area (Å²) in [6.45, 7) is 1.59. The Kier molecular flexibility index (Phi) is 4.33. The molecule has 1 amide bonds. The van der Waals surface area contributed by atoms with E-state index in [0.29, 0.717) is 5.56 Å². The number of rotatable bonds is 5. The minimum Gasteiger partial charge on any atom is -0.331 e. The van der Waals surface area contributed by atoms with Crippen LogP contribution in [-0.2, 0) is 11.3 Å². The smallest absolute Gasteiger partial charge is 0.328 e. The molecule has 0 spiro atoms. The summed E-state index contributed by atoms with van der Waals surface area (Å²) in [5.74, 6) is -0.632. The number of carbonyl (C=O) groups is 1. The van der Waals surface area contributed by atoms with Crippen molar-refractivity contribution in [2.45, 2.75) is 38.4 Å². The van der Waals surface area contributed by atoms with Crippen molar-refractivity contribution in [3.05, 3.63) is 68.7 Å². The Morgan fingerprint density at radius 2 is 2.04 bits per heavy atom. The van der Waals surface area contributed by atoms with E-state index in [1.165, 1.54) is 18.3 Å². The fourth-order valence-electron chi connectivity index (χ4n) is 2.85. The van der Waals surface area contributed by atoms with Crippen LogP contribution >= 0.6 is 0 Å². The molecule has 6 nitrogen and oxygen atoms in total. The van der Waals surface area contributed by atoms with E-state index in [1.54, 1.807) is 30.0 Å². The van der Waals surface area contributed by atoms with Gasteiger partial charge in [-0.25, -0.2) is 9.18 Å². The van der Waals surface area contributed by atoms with E-state index in [2.05, 4.69) is 4.98 Å². The Labute approximate surface area is 137 Å². The van der Waals surface area contributed by atoms with Crippen molar-refractivity contribution in [2.24, 2.45) is 0 Å². The van der Waals surface area contributed by atoms with E-state index in [4.69, 9.17) is 0 Å². The predicted octanol–water partition coefficient (Wildman–Crippen LogP) is 1.43. The summed E-state index contributed by atoms with van der Waals surface area (Å²) in [5, 5.41) is 0. The largest absolute Gasteiger partial charge is 0.331 e. The summed E-state index contributed by atoms with van der Waals surface area (Å²) in [7, 11) is 0. The molecule has 1 aromatic heterocycles. The zero-order valence-electron chi connectivity index (χ0n) is 13.2. The van der Waals surface area contributed by atoms with Crippen LogP contribution in [0.2, 0.25) is 0 Å². The Morgan fingerprint density at radius 1 is 1.33 bits per heavy atom. The summed E-state index contributed by atoms with van der Waals surface area (Å²) in [5.41, 5.74) is -0.695. The highest BCUT2D eigenvalue weighted by Crippen LogP contribution is 2.35. The fraction of sp³-hybridized carbons (Fsp3) is 0.353. The van der Waals surface area contributed by atoms with E-state index in [9.17, 15) is 18.8 Å². The van der Waals surface area contributed by atoms with Crippen LogP contribution in [0.5, 0.6) is 0 Å². The molecule has 3 rings (SSSR count). The lowest BCUT2D eigenvalue weighted by atomic mass is 10.1. The second kappa shape index (κ2) is 6.43. The molecule has 1 aliphatic rings. The Hall–Kier alpha value is -2.70. The standard InChI is InChI=1S/C17H18FN3O3/c1-11(13-4-2-3-5-14(13)18)21(12-6-7-12)16(23)10-20-9-8-15(22)19-17(20)24/h2-5,8-9,11-12H,6-7,10H2,1H3,(H,19,22,24)/t11-/m1/s1. The van der Waals surface area contributed by atoms with Gasteiger partial charge in [0.25, 0.3) is 5.56 Å². The number of nitrogens with one attached hydrogen (secondary N) is 1. The summed E-state index contributed by atoms with van der Waals surface area (Å²) in [4.78, 5) is 39.3. The third-order valence-electron chi connectivity index (χ3n) is 4.20. The molecule has 7 heteroatoms. The maximum absolute atomic E-state index is 14.1. The van der Waals surface area contributed by atoms with Crippen LogP contribution in [0.1, 0.15) is 31.4 Å². The minimum atomic E-state index is -0.634. The molecule has 1 saturated carbocycles. The van der Waals surface area contributed by atoms with Crippen molar-refractivity contribution < 1.29 is 9.18 Å². The van der Waals surface area contributed by atoms with Gasteiger partial charge in [0.15, 0.2) is 0 Å². The SMILES string of the molecule is C[C@H](c1ccccc1F)N(C(=O)Cn1ccc(=O)[nH]c1=O)C1CC1. The highest BCUT2D eigenvalue weighted by molar-refractivity contribution is 5.77. The Morgan fingerprint density at radius 3 is 2.67 bits per heavy atom. The highest BCUT2D eigenvalue weighted by atomic mass is 19.1. The molecule has 0 saturated heterocycles. The van der Waals surface area contributed by atoms with Crippen LogP contribution in [0.3, 0.4) is 0 Å². The number of halogens is 1. The van der Waals surface area contributed by atoms with Crippen LogP contribution < -0.4 is 11.2 Å². The first-order chi connectivity index (χ1) is 11.5. The summed E-state index contributed by atoms with van der Waals surface area (Å²) in [6, 6.07) is 7.19. The van der Waals surface area contributed by atoms with Crippen LogP contribution in [0, 0.1) is 5.82 Å². The summed E-state index contributed by atoms with van der Waals surface area (Å²) >= 11 is 0. The number of benzene rings is 1. The zero-order chi connectivity index (χ0) is 17.3.